The molecule has 3 nitrogen and oxygen atoms in total. The summed E-state index contributed by atoms with van der Waals surface area (Å²) in [6, 6.07) is 18.2. The Bertz CT molecular complexity index is 654. The van der Waals surface area contributed by atoms with Crippen molar-refractivity contribution in [3.8, 4) is 0 Å². The Kier molecular flexibility index (Phi) is 2.37. The van der Waals surface area contributed by atoms with Gasteiger partial charge in [-0.2, -0.15) is 9.78 Å². The highest BCUT2D eigenvalue weighted by atomic mass is 17.3. The van der Waals surface area contributed by atoms with E-state index in [4.69, 9.17) is 14.5 Å². The second-order valence-electron chi connectivity index (χ2n) is 5.56. The first-order chi connectivity index (χ1) is 9.66. The molecule has 0 spiro atoms. The first-order valence-electron chi connectivity index (χ1n) is 6.88. The van der Waals surface area contributed by atoms with Gasteiger partial charge in [-0.3, -0.25) is 0 Å². The van der Waals surface area contributed by atoms with Crippen LogP contribution in [-0.2, 0) is 26.1 Å². The van der Waals surface area contributed by atoms with Crippen molar-refractivity contribution in [2.75, 3.05) is 0 Å². The van der Waals surface area contributed by atoms with Crippen LogP contribution in [0.15, 0.2) is 54.6 Å². The van der Waals surface area contributed by atoms with E-state index in [0.717, 1.165) is 11.1 Å². The molecule has 3 atom stereocenters. The van der Waals surface area contributed by atoms with Crippen molar-refractivity contribution in [1.82, 2.24) is 0 Å². The van der Waals surface area contributed by atoms with E-state index in [-0.39, 0.29) is 5.92 Å². The maximum atomic E-state index is 6.25. The van der Waals surface area contributed by atoms with Gasteiger partial charge >= 0.3 is 0 Å². The highest BCUT2D eigenvalue weighted by Gasteiger charge is 2.60. The Morgan fingerprint density at radius 1 is 0.900 bits per heavy atom. The summed E-state index contributed by atoms with van der Waals surface area (Å²) in [6.07, 6.45) is 0. The summed E-state index contributed by atoms with van der Waals surface area (Å²) in [7, 11) is 0. The summed E-state index contributed by atoms with van der Waals surface area (Å²) in [5, 5.41) is 0. The highest BCUT2D eigenvalue weighted by molar-refractivity contribution is 5.40. The van der Waals surface area contributed by atoms with Crippen LogP contribution >= 0.6 is 0 Å². The van der Waals surface area contributed by atoms with Crippen molar-refractivity contribution < 1.29 is 14.5 Å². The number of hydrogen-bond donors (Lipinski definition) is 0. The summed E-state index contributed by atoms with van der Waals surface area (Å²) in [6.45, 7) is 4.02. The van der Waals surface area contributed by atoms with Crippen molar-refractivity contribution in [2.45, 2.75) is 31.3 Å². The number of rotatable bonds is 1. The molecule has 3 heteroatoms. The van der Waals surface area contributed by atoms with Gasteiger partial charge in [-0.1, -0.05) is 61.5 Å². The smallest absolute Gasteiger partial charge is 0.237 e. The van der Waals surface area contributed by atoms with Crippen molar-refractivity contribution in [3.05, 3.63) is 71.3 Å². The van der Waals surface area contributed by atoms with Gasteiger partial charge in [-0.15, -0.1) is 0 Å². The Morgan fingerprint density at radius 3 is 2.40 bits per heavy atom. The van der Waals surface area contributed by atoms with Gasteiger partial charge in [-0.05, 0) is 12.5 Å². The molecule has 2 bridgehead atoms. The molecule has 2 heterocycles. The van der Waals surface area contributed by atoms with Crippen LogP contribution in [0.1, 0.15) is 36.5 Å². The van der Waals surface area contributed by atoms with Gasteiger partial charge in [0.25, 0.3) is 0 Å². The monoisotopic (exact) mass is 268 g/mol. The Morgan fingerprint density at radius 2 is 1.60 bits per heavy atom. The van der Waals surface area contributed by atoms with Gasteiger partial charge in [0.05, 0.1) is 0 Å². The van der Waals surface area contributed by atoms with Crippen molar-refractivity contribution in [1.29, 1.82) is 0 Å². The first kappa shape index (κ1) is 12.1. The normalized spacial score (nSPS) is 34.8. The molecule has 2 aromatic carbocycles. The van der Waals surface area contributed by atoms with E-state index in [2.05, 4.69) is 13.0 Å². The molecule has 0 amide bonds. The fraction of sp³-hybridized carbons (Fsp3) is 0.294. The van der Waals surface area contributed by atoms with Crippen LogP contribution in [-0.4, -0.2) is 0 Å². The van der Waals surface area contributed by atoms with Gasteiger partial charge in [0.2, 0.25) is 11.6 Å². The first-order valence-corrected chi connectivity index (χ1v) is 6.88. The van der Waals surface area contributed by atoms with Crippen molar-refractivity contribution in [3.63, 3.8) is 0 Å². The zero-order valence-corrected chi connectivity index (χ0v) is 11.5. The fourth-order valence-electron chi connectivity index (χ4n) is 3.25. The summed E-state index contributed by atoms with van der Waals surface area (Å²) in [5.41, 5.74) is 3.23. The third-order valence-corrected chi connectivity index (χ3v) is 4.33. The zero-order chi connectivity index (χ0) is 13.8. The van der Waals surface area contributed by atoms with Gasteiger partial charge in [0.1, 0.15) is 0 Å². The zero-order valence-electron chi connectivity index (χ0n) is 11.5. The van der Waals surface area contributed by atoms with Gasteiger partial charge in [0.15, 0.2) is 0 Å². The van der Waals surface area contributed by atoms with Gasteiger partial charge < -0.3 is 4.74 Å². The average Bonchev–Trinajstić information content (AvgIpc) is 2.84. The third-order valence-electron chi connectivity index (χ3n) is 4.33. The van der Waals surface area contributed by atoms with Crippen molar-refractivity contribution >= 4 is 0 Å². The second-order valence-corrected chi connectivity index (χ2v) is 5.56. The van der Waals surface area contributed by atoms with E-state index < -0.39 is 11.6 Å². The molecule has 0 radical (unpaired) electrons. The fourth-order valence-corrected chi connectivity index (χ4v) is 3.25. The quantitative estimate of drug-likeness (QED) is 0.736. The molecule has 0 N–H and O–H groups in total. The molecule has 2 aliphatic rings. The number of benzene rings is 2. The summed E-state index contributed by atoms with van der Waals surface area (Å²) in [4.78, 5) is 11.3. The molecule has 1 fully saturated rings. The predicted octanol–water partition coefficient (Wildman–Crippen LogP) is 3.81. The largest absolute Gasteiger partial charge is 0.304 e. The third kappa shape index (κ3) is 1.40. The molecule has 4 rings (SSSR count). The summed E-state index contributed by atoms with van der Waals surface area (Å²) in [5.74, 6) is -1.67. The molecule has 20 heavy (non-hydrogen) atoms. The van der Waals surface area contributed by atoms with Crippen LogP contribution in [0.5, 0.6) is 0 Å². The number of hydrogen-bond acceptors (Lipinski definition) is 3. The van der Waals surface area contributed by atoms with Crippen LogP contribution in [0.25, 0.3) is 0 Å². The molecule has 102 valence electrons. The Labute approximate surface area is 118 Å². The lowest BCUT2D eigenvalue weighted by Gasteiger charge is -2.39. The van der Waals surface area contributed by atoms with Crippen LogP contribution in [0.4, 0.5) is 0 Å². The average molecular weight is 268 g/mol. The topological polar surface area (TPSA) is 27.7 Å². The second kappa shape index (κ2) is 3.92. The number of fused-ring (bicyclic) bond motifs is 4. The van der Waals surface area contributed by atoms with Crippen LogP contribution in [0.3, 0.4) is 0 Å². The molecule has 2 aliphatic heterocycles. The van der Waals surface area contributed by atoms with Crippen LogP contribution < -0.4 is 0 Å². The molecular formula is C17H16O3. The molecule has 1 unspecified atom stereocenters. The molecule has 2 aromatic rings. The van der Waals surface area contributed by atoms with Gasteiger partial charge in [0, 0.05) is 17.0 Å². The lowest BCUT2D eigenvalue weighted by atomic mass is 9.80. The van der Waals surface area contributed by atoms with E-state index in [0.29, 0.717) is 0 Å². The minimum Gasteiger partial charge on any atom is -0.304 e. The van der Waals surface area contributed by atoms with Crippen LogP contribution in [0, 0.1) is 0 Å². The predicted molar refractivity (Wildman–Crippen MR) is 73.6 cm³/mol. The molecule has 1 saturated heterocycles. The summed E-state index contributed by atoms with van der Waals surface area (Å²) >= 11 is 0. The van der Waals surface area contributed by atoms with E-state index in [9.17, 15) is 0 Å². The van der Waals surface area contributed by atoms with E-state index >= 15 is 0 Å². The summed E-state index contributed by atoms with van der Waals surface area (Å²) < 4.78 is 6.25. The molecule has 0 aromatic heterocycles. The van der Waals surface area contributed by atoms with E-state index in [1.54, 1.807) is 0 Å². The highest BCUT2D eigenvalue weighted by Crippen LogP contribution is 2.57. The van der Waals surface area contributed by atoms with Gasteiger partial charge in [-0.25, -0.2) is 0 Å². The minimum absolute atomic E-state index is 0.0525. The molecule has 0 aliphatic carbocycles. The van der Waals surface area contributed by atoms with E-state index in [1.165, 1.54) is 5.56 Å². The van der Waals surface area contributed by atoms with E-state index in [1.807, 2.05) is 55.5 Å². The maximum Gasteiger partial charge on any atom is 0.237 e. The van der Waals surface area contributed by atoms with Crippen LogP contribution in [0.2, 0.25) is 0 Å². The molecular weight excluding hydrogens is 252 g/mol. The minimum atomic E-state index is -0.871. The SMILES string of the molecule is CC1c2ccccc2[C@@]2(C)OO[C@]1(c1ccccc1)O2. The maximum absolute atomic E-state index is 6.25. The lowest BCUT2D eigenvalue weighted by Crippen LogP contribution is -2.41. The molecule has 0 saturated carbocycles. The standard InChI is InChI=1S/C17H16O3/c1-12-14-10-6-7-11-15(14)16(2)18-17(12,20-19-16)13-8-4-3-5-9-13/h3-12H,1-2H3/t12?,16-,17-/m1/s1. The Hall–Kier alpha value is -1.68. The number of ether oxygens (including phenoxy) is 1. The lowest BCUT2D eigenvalue weighted by molar-refractivity contribution is -0.354. The van der Waals surface area contributed by atoms with Crippen molar-refractivity contribution in [2.24, 2.45) is 0 Å². The Balaban J connectivity index is 1.94.